The van der Waals surface area contributed by atoms with Crippen LogP contribution >= 0.6 is 12.6 Å². The van der Waals surface area contributed by atoms with Crippen molar-refractivity contribution in [2.75, 3.05) is 5.73 Å². The van der Waals surface area contributed by atoms with Crippen LogP contribution < -0.4 is 5.73 Å². The maximum absolute atomic E-state index is 10.9. The standard InChI is InChI=1S/C10H14N2O2S/c1-6-3-7(5-12-8(6)11)4-10(2,15)9(13)14/h3,5,15H,4H2,1-2H3,(H2,11,12)(H,13,14). The number of aromatic nitrogens is 1. The van der Waals surface area contributed by atoms with Crippen LogP contribution in [0.1, 0.15) is 18.1 Å². The largest absolute Gasteiger partial charge is 0.480 e. The van der Waals surface area contributed by atoms with Crippen molar-refractivity contribution in [1.82, 2.24) is 4.98 Å². The van der Waals surface area contributed by atoms with Gasteiger partial charge in [0.25, 0.3) is 0 Å². The third kappa shape index (κ3) is 2.86. The Morgan fingerprint density at radius 3 is 2.80 bits per heavy atom. The molecule has 1 atom stereocenters. The summed E-state index contributed by atoms with van der Waals surface area (Å²) in [5.41, 5.74) is 7.24. The first-order valence-electron chi connectivity index (χ1n) is 4.49. The molecule has 1 rings (SSSR count). The van der Waals surface area contributed by atoms with Gasteiger partial charge in [0.1, 0.15) is 10.6 Å². The number of hydrogen-bond acceptors (Lipinski definition) is 4. The van der Waals surface area contributed by atoms with E-state index in [9.17, 15) is 4.79 Å². The predicted octanol–water partition coefficient (Wildman–Crippen LogP) is 1.29. The third-order valence-corrected chi connectivity index (χ3v) is 2.53. The van der Waals surface area contributed by atoms with Crippen LogP contribution in [0.5, 0.6) is 0 Å². The molecular formula is C10H14N2O2S. The maximum atomic E-state index is 10.9. The van der Waals surface area contributed by atoms with Crippen molar-refractivity contribution in [3.8, 4) is 0 Å². The fourth-order valence-electron chi connectivity index (χ4n) is 1.21. The molecule has 0 saturated carbocycles. The minimum atomic E-state index is -1.08. The summed E-state index contributed by atoms with van der Waals surface area (Å²) in [6.07, 6.45) is 1.90. The summed E-state index contributed by atoms with van der Waals surface area (Å²) in [6, 6.07) is 1.83. The Morgan fingerprint density at radius 1 is 1.73 bits per heavy atom. The van der Waals surface area contributed by atoms with Crippen molar-refractivity contribution < 1.29 is 9.90 Å². The average molecular weight is 226 g/mol. The summed E-state index contributed by atoms with van der Waals surface area (Å²) < 4.78 is -1.08. The van der Waals surface area contributed by atoms with Crippen molar-refractivity contribution in [3.63, 3.8) is 0 Å². The molecule has 0 aliphatic heterocycles. The van der Waals surface area contributed by atoms with Gasteiger partial charge in [0, 0.05) is 6.20 Å². The van der Waals surface area contributed by atoms with Crippen LogP contribution in [0, 0.1) is 6.92 Å². The second kappa shape index (κ2) is 4.10. The van der Waals surface area contributed by atoms with E-state index in [1.165, 1.54) is 0 Å². The Labute approximate surface area is 93.9 Å². The van der Waals surface area contributed by atoms with Crippen LogP contribution in [0.25, 0.3) is 0 Å². The lowest BCUT2D eigenvalue weighted by Gasteiger charge is -2.18. The quantitative estimate of drug-likeness (QED) is 0.679. The Morgan fingerprint density at radius 2 is 2.33 bits per heavy atom. The number of nitrogens with two attached hydrogens (primary N) is 1. The molecule has 5 heteroatoms. The average Bonchev–Trinajstić information content (AvgIpc) is 2.10. The predicted molar refractivity (Wildman–Crippen MR) is 62.1 cm³/mol. The number of nitrogen functional groups attached to an aromatic ring is 1. The van der Waals surface area contributed by atoms with E-state index in [0.29, 0.717) is 12.2 Å². The first-order chi connectivity index (χ1) is 6.83. The van der Waals surface area contributed by atoms with Gasteiger partial charge in [-0.15, -0.1) is 0 Å². The molecule has 15 heavy (non-hydrogen) atoms. The lowest BCUT2D eigenvalue weighted by atomic mass is 10.0. The number of carboxylic acid groups (broad SMARTS) is 1. The number of aryl methyl sites for hydroxylation is 1. The Balaban J connectivity index is 2.91. The second-order valence-electron chi connectivity index (χ2n) is 3.80. The lowest BCUT2D eigenvalue weighted by molar-refractivity contribution is -0.139. The van der Waals surface area contributed by atoms with E-state index in [0.717, 1.165) is 11.1 Å². The Kier molecular flexibility index (Phi) is 3.24. The zero-order valence-corrected chi connectivity index (χ0v) is 9.58. The van der Waals surface area contributed by atoms with E-state index < -0.39 is 10.7 Å². The van der Waals surface area contributed by atoms with Crippen molar-refractivity contribution >= 4 is 24.4 Å². The van der Waals surface area contributed by atoms with Crippen molar-refractivity contribution in [2.24, 2.45) is 0 Å². The first kappa shape index (κ1) is 11.8. The molecule has 0 aliphatic carbocycles. The minimum Gasteiger partial charge on any atom is -0.480 e. The number of rotatable bonds is 3. The molecule has 1 heterocycles. The van der Waals surface area contributed by atoms with Crippen LogP contribution in [-0.4, -0.2) is 20.8 Å². The van der Waals surface area contributed by atoms with Gasteiger partial charge in [-0.25, -0.2) is 4.98 Å². The van der Waals surface area contributed by atoms with Gasteiger partial charge < -0.3 is 10.8 Å². The van der Waals surface area contributed by atoms with Crippen LogP contribution in [0.2, 0.25) is 0 Å². The molecule has 0 bridgehead atoms. The summed E-state index contributed by atoms with van der Waals surface area (Å²) in [5.74, 6) is -0.477. The fraction of sp³-hybridized carbons (Fsp3) is 0.400. The molecule has 4 nitrogen and oxygen atoms in total. The molecule has 0 fully saturated rings. The number of aliphatic carboxylic acids is 1. The summed E-state index contributed by atoms with van der Waals surface area (Å²) in [5, 5.41) is 8.90. The molecule has 1 unspecified atom stereocenters. The highest BCUT2D eigenvalue weighted by Crippen LogP contribution is 2.21. The van der Waals surface area contributed by atoms with Crippen molar-refractivity contribution in [1.29, 1.82) is 0 Å². The highest BCUT2D eigenvalue weighted by atomic mass is 32.1. The summed E-state index contributed by atoms with van der Waals surface area (Å²) in [7, 11) is 0. The van der Waals surface area contributed by atoms with Gasteiger partial charge in [0.15, 0.2) is 0 Å². The number of carboxylic acids is 1. The smallest absolute Gasteiger partial charge is 0.319 e. The molecular weight excluding hydrogens is 212 g/mol. The van der Waals surface area contributed by atoms with Crippen molar-refractivity contribution in [2.45, 2.75) is 25.0 Å². The van der Waals surface area contributed by atoms with Gasteiger partial charge in [0.2, 0.25) is 0 Å². The molecule has 82 valence electrons. The number of hydrogen-bond donors (Lipinski definition) is 3. The van der Waals surface area contributed by atoms with E-state index in [2.05, 4.69) is 17.6 Å². The molecule has 0 radical (unpaired) electrons. The summed E-state index contributed by atoms with van der Waals surface area (Å²) in [4.78, 5) is 14.8. The molecule has 0 aromatic carbocycles. The molecule has 0 aliphatic rings. The normalized spacial score (nSPS) is 14.6. The number of pyridine rings is 1. The monoisotopic (exact) mass is 226 g/mol. The second-order valence-corrected chi connectivity index (χ2v) is 4.79. The van der Waals surface area contributed by atoms with E-state index in [1.54, 1.807) is 13.1 Å². The van der Waals surface area contributed by atoms with E-state index in [1.807, 2.05) is 13.0 Å². The minimum absolute atomic E-state index is 0.319. The molecule has 0 saturated heterocycles. The van der Waals surface area contributed by atoms with Gasteiger partial charge in [-0.2, -0.15) is 12.6 Å². The van der Waals surface area contributed by atoms with Crippen molar-refractivity contribution in [3.05, 3.63) is 23.4 Å². The number of anilines is 1. The zero-order chi connectivity index (χ0) is 11.6. The van der Waals surface area contributed by atoms with E-state index in [-0.39, 0.29) is 0 Å². The SMILES string of the molecule is Cc1cc(CC(C)(S)C(=O)O)cnc1N. The van der Waals surface area contributed by atoms with Crippen LogP contribution in [0.3, 0.4) is 0 Å². The van der Waals surface area contributed by atoms with Crippen LogP contribution in [0.15, 0.2) is 12.3 Å². The molecule has 1 aromatic heterocycles. The molecule has 0 spiro atoms. The topological polar surface area (TPSA) is 76.2 Å². The highest BCUT2D eigenvalue weighted by Gasteiger charge is 2.28. The maximum Gasteiger partial charge on any atom is 0.319 e. The molecule has 1 aromatic rings. The van der Waals surface area contributed by atoms with Gasteiger partial charge in [-0.05, 0) is 31.4 Å². The van der Waals surface area contributed by atoms with E-state index in [4.69, 9.17) is 10.8 Å². The van der Waals surface area contributed by atoms with Crippen LogP contribution in [-0.2, 0) is 11.2 Å². The molecule has 0 amide bonds. The van der Waals surface area contributed by atoms with E-state index >= 15 is 0 Å². The highest BCUT2D eigenvalue weighted by molar-refractivity contribution is 7.82. The van der Waals surface area contributed by atoms with Gasteiger partial charge in [-0.3, -0.25) is 4.79 Å². The van der Waals surface area contributed by atoms with Gasteiger partial charge >= 0.3 is 5.97 Å². The number of thiol groups is 1. The van der Waals surface area contributed by atoms with Gasteiger partial charge in [-0.1, -0.05) is 6.07 Å². The summed E-state index contributed by atoms with van der Waals surface area (Å²) in [6.45, 7) is 3.40. The summed E-state index contributed by atoms with van der Waals surface area (Å²) >= 11 is 4.09. The zero-order valence-electron chi connectivity index (χ0n) is 8.69. The lowest BCUT2D eigenvalue weighted by Crippen LogP contribution is -2.31. The third-order valence-electron chi connectivity index (χ3n) is 2.18. The van der Waals surface area contributed by atoms with Gasteiger partial charge in [0.05, 0.1) is 0 Å². The Bertz CT molecular complexity index is 391. The Hall–Kier alpha value is -1.23. The van der Waals surface area contributed by atoms with Crippen LogP contribution in [0.4, 0.5) is 5.82 Å². The first-order valence-corrected chi connectivity index (χ1v) is 4.94. The number of nitrogens with zero attached hydrogens (tertiary/aromatic N) is 1. The number of carbonyl (C=O) groups is 1. The fourth-order valence-corrected chi connectivity index (χ4v) is 1.40. The molecule has 3 N–H and O–H groups in total.